The van der Waals surface area contributed by atoms with Crippen LogP contribution in [0.25, 0.3) is 0 Å². The maximum atomic E-state index is 10.6. The van der Waals surface area contributed by atoms with Crippen molar-refractivity contribution in [2.75, 3.05) is 14.2 Å². The lowest BCUT2D eigenvalue weighted by Crippen LogP contribution is -2.35. The summed E-state index contributed by atoms with van der Waals surface area (Å²) in [5, 5.41) is 10.6. The quantitative estimate of drug-likeness (QED) is 0.681. The van der Waals surface area contributed by atoms with Crippen LogP contribution < -0.4 is 9.47 Å². The van der Waals surface area contributed by atoms with E-state index in [0.717, 1.165) is 28.9 Å². The Kier molecular flexibility index (Phi) is 4.55. The Morgan fingerprint density at radius 1 is 0.929 bits per heavy atom. The number of nitrogens with zero attached hydrogens (tertiary/aromatic N) is 1. The van der Waals surface area contributed by atoms with Gasteiger partial charge in [-0.25, -0.2) is 0 Å². The van der Waals surface area contributed by atoms with Crippen LogP contribution >= 0.6 is 0 Å². The maximum absolute atomic E-state index is 10.6. The zero-order valence-electron chi connectivity index (χ0n) is 16.3. The number of hydrogen-bond donors (Lipinski definition) is 1. The first-order valence-corrected chi connectivity index (χ1v) is 9.25. The average molecular weight is 373 g/mol. The number of ether oxygens (including phenoxy) is 2. The van der Waals surface area contributed by atoms with E-state index in [1.165, 1.54) is 12.7 Å². The molecule has 1 heterocycles. The predicted octanol–water partition coefficient (Wildman–Crippen LogP) is 5.04. The van der Waals surface area contributed by atoms with Crippen LogP contribution in [0.3, 0.4) is 0 Å². The molecular weight excluding hydrogens is 350 g/mol. The molecule has 0 aromatic heterocycles. The number of fused-ring (bicyclic) bond motifs is 1. The van der Waals surface area contributed by atoms with Crippen LogP contribution in [0.2, 0.25) is 0 Å². The lowest BCUT2D eigenvalue weighted by Gasteiger charge is -2.33. The van der Waals surface area contributed by atoms with Crippen molar-refractivity contribution >= 4 is 11.4 Å². The third kappa shape index (κ3) is 2.73. The highest BCUT2D eigenvalue weighted by atomic mass is 16.5. The van der Waals surface area contributed by atoms with Crippen molar-refractivity contribution in [3.8, 4) is 17.2 Å². The summed E-state index contributed by atoms with van der Waals surface area (Å²) in [5.74, 6) is 0.894. The van der Waals surface area contributed by atoms with Gasteiger partial charge in [0.15, 0.2) is 11.5 Å². The Morgan fingerprint density at radius 2 is 1.64 bits per heavy atom. The zero-order chi connectivity index (χ0) is 19.7. The molecular formula is C24H23NO3. The number of benzene rings is 3. The fraction of sp³-hybridized carbons (Fsp3) is 0.208. The summed E-state index contributed by atoms with van der Waals surface area (Å²) in [6.07, 6.45) is 0.731. The molecule has 0 amide bonds. The van der Waals surface area contributed by atoms with Crippen LogP contribution in [-0.2, 0) is 11.8 Å². The van der Waals surface area contributed by atoms with Crippen molar-refractivity contribution in [2.24, 2.45) is 4.99 Å². The van der Waals surface area contributed by atoms with Crippen LogP contribution in [0.5, 0.6) is 17.2 Å². The van der Waals surface area contributed by atoms with Crippen LogP contribution in [0.4, 0.5) is 5.69 Å². The summed E-state index contributed by atoms with van der Waals surface area (Å²) in [6, 6.07) is 22.2. The summed E-state index contributed by atoms with van der Waals surface area (Å²) < 4.78 is 10.8. The Hall–Kier alpha value is -3.27. The zero-order valence-corrected chi connectivity index (χ0v) is 16.3. The molecule has 0 spiro atoms. The number of phenols is 1. The predicted molar refractivity (Wildman–Crippen MR) is 111 cm³/mol. The van der Waals surface area contributed by atoms with Gasteiger partial charge in [-0.15, -0.1) is 0 Å². The van der Waals surface area contributed by atoms with Crippen molar-refractivity contribution in [3.63, 3.8) is 0 Å². The number of rotatable bonds is 5. The monoisotopic (exact) mass is 373 g/mol. The third-order valence-electron chi connectivity index (χ3n) is 5.53. The van der Waals surface area contributed by atoms with Gasteiger partial charge in [-0.05, 0) is 48.2 Å². The fourth-order valence-electron chi connectivity index (χ4n) is 4.19. The molecule has 0 bridgehead atoms. The molecule has 0 aliphatic carbocycles. The highest BCUT2D eigenvalue weighted by Gasteiger charge is 2.43. The highest BCUT2D eigenvalue weighted by Crippen LogP contribution is 2.50. The largest absolute Gasteiger partial charge is 0.504 e. The molecule has 1 aliphatic rings. The molecule has 1 unspecified atom stereocenters. The number of phenolic OH excluding ortho intramolecular Hbond substituents is 1. The lowest BCUT2D eigenvalue weighted by molar-refractivity contribution is 0.332. The molecule has 4 rings (SSSR count). The summed E-state index contributed by atoms with van der Waals surface area (Å²) in [7, 11) is 3.10. The van der Waals surface area contributed by atoms with Gasteiger partial charge in [0.05, 0.1) is 25.3 Å². The van der Waals surface area contributed by atoms with E-state index in [4.69, 9.17) is 14.5 Å². The maximum Gasteiger partial charge on any atom is 0.203 e. The molecule has 0 radical (unpaired) electrons. The van der Waals surface area contributed by atoms with Crippen LogP contribution in [0.15, 0.2) is 71.7 Å². The van der Waals surface area contributed by atoms with Gasteiger partial charge in [0.25, 0.3) is 0 Å². The standard InChI is InChI=1S/C24H23NO3/c1-16-24(15-17-9-5-4-6-10-17,19-11-7-8-12-20(19)25-16)18-13-21(26)23(28-3)22(14-18)27-2/h4-14,26H,15H2,1-3H3. The summed E-state index contributed by atoms with van der Waals surface area (Å²) in [4.78, 5) is 4.87. The third-order valence-corrected chi connectivity index (χ3v) is 5.53. The molecule has 4 nitrogen and oxygen atoms in total. The Morgan fingerprint density at radius 3 is 2.36 bits per heavy atom. The van der Waals surface area contributed by atoms with Crippen LogP contribution in [0, 0.1) is 0 Å². The van der Waals surface area contributed by atoms with Crippen molar-refractivity contribution in [2.45, 2.75) is 18.8 Å². The Bertz CT molecular complexity index is 1040. The molecule has 0 fully saturated rings. The SMILES string of the molecule is COc1cc(C2(Cc3ccccc3)C(C)=Nc3ccccc32)cc(O)c1OC. The molecule has 1 aliphatic heterocycles. The first-order valence-electron chi connectivity index (χ1n) is 9.25. The van der Waals surface area contributed by atoms with Gasteiger partial charge in [-0.2, -0.15) is 0 Å². The topological polar surface area (TPSA) is 51.0 Å². The highest BCUT2D eigenvalue weighted by molar-refractivity contribution is 6.03. The molecule has 1 N–H and O–H groups in total. The minimum atomic E-state index is -0.491. The fourth-order valence-corrected chi connectivity index (χ4v) is 4.19. The van der Waals surface area contributed by atoms with Crippen LogP contribution in [0.1, 0.15) is 23.6 Å². The number of methoxy groups -OCH3 is 2. The molecule has 0 saturated carbocycles. The van der Waals surface area contributed by atoms with Gasteiger partial charge in [-0.3, -0.25) is 4.99 Å². The summed E-state index contributed by atoms with van der Waals surface area (Å²) in [6.45, 7) is 2.05. The van der Waals surface area contributed by atoms with E-state index in [1.807, 2.05) is 42.5 Å². The second-order valence-corrected chi connectivity index (χ2v) is 7.01. The summed E-state index contributed by atoms with van der Waals surface area (Å²) in [5.41, 5.74) is 4.72. The number of para-hydroxylation sites is 1. The Labute approximate surface area is 165 Å². The average Bonchev–Trinajstić information content (AvgIpc) is 3.00. The van der Waals surface area contributed by atoms with Gasteiger partial charge >= 0.3 is 0 Å². The second kappa shape index (κ2) is 7.04. The molecule has 142 valence electrons. The minimum absolute atomic E-state index is 0.0569. The van der Waals surface area contributed by atoms with E-state index in [0.29, 0.717) is 11.5 Å². The molecule has 1 atom stereocenters. The van der Waals surface area contributed by atoms with E-state index in [2.05, 4.69) is 25.1 Å². The lowest BCUT2D eigenvalue weighted by atomic mass is 9.68. The van der Waals surface area contributed by atoms with E-state index < -0.39 is 5.41 Å². The van der Waals surface area contributed by atoms with Crippen molar-refractivity contribution < 1.29 is 14.6 Å². The summed E-state index contributed by atoms with van der Waals surface area (Å²) >= 11 is 0. The van der Waals surface area contributed by atoms with E-state index in [1.54, 1.807) is 13.2 Å². The molecule has 28 heavy (non-hydrogen) atoms. The second-order valence-electron chi connectivity index (χ2n) is 7.01. The molecule has 4 heteroatoms. The molecule has 3 aromatic rings. The molecule has 0 saturated heterocycles. The number of aliphatic imine (C=N–C) groups is 1. The van der Waals surface area contributed by atoms with Gasteiger partial charge in [-0.1, -0.05) is 48.5 Å². The molecule has 3 aromatic carbocycles. The van der Waals surface area contributed by atoms with Crippen molar-refractivity contribution in [1.29, 1.82) is 0 Å². The minimum Gasteiger partial charge on any atom is -0.504 e. The van der Waals surface area contributed by atoms with Gasteiger partial charge < -0.3 is 14.6 Å². The van der Waals surface area contributed by atoms with Crippen molar-refractivity contribution in [3.05, 3.63) is 83.4 Å². The normalized spacial score (nSPS) is 17.8. The van der Waals surface area contributed by atoms with E-state index in [-0.39, 0.29) is 5.75 Å². The first kappa shape index (κ1) is 18.1. The van der Waals surface area contributed by atoms with Crippen molar-refractivity contribution in [1.82, 2.24) is 0 Å². The number of hydrogen-bond acceptors (Lipinski definition) is 4. The first-order chi connectivity index (χ1) is 13.6. The van der Waals surface area contributed by atoms with Gasteiger partial charge in [0.2, 0.25) is 5.75 Å². The van der Waals surface area contributed by atoms with Gasteiger partial charge in [0.1, 0.15) is 0 Å². The number of aromatic hydroxyl groups is 1. The van der Waals surface area contributed by atoms with E-state index >= 15 is 0 Å². The Balaban J connectivity index is 1.98. The smallest absolute Gasteiger partial charge is 0.203 e. The van der Waals surface area contributed by atoms with Gasteiger partial charge in [0, 0.05) is 5.71 Å². The van der Waals surface area contributed by atoms with Crippen LogP contribution in [-0.4, -0.2) is 25.0 Å². The van der Waals surface area contributed by atoms with E-state index in [9.17, 15) is 5.11 Å².